The SMILES string of the molecule is COc1ccc(O)c(C(=O)c2cnc3c(C(=O)N4CCCCC4)c(C)c(-c4ccccc4)n3c2)c1. The van der Waals surface area contributed by atoms with Crippen LogP contribution in [0.15, 0.2) is 60.9 Å². The van der Waals surface area contributed by atoms with Crippen molar-refractivity contribution in [3.05, 3.63) is 83.2 Å². The number of ketones is 1. The molecule has 35 heavy (non-hydrogen) atoms. The van der Waals surface area contributed by atoms with Gasteiger partial charge in [0.25, 0.3) is 5.91 Å². The highest BCUT2D eigenvalue weighted by Gasteiger charge is 2.28. The van der Waals surface area contributed by atoms with Crippen molar-refractivity contribution < 1.29 is 19.4 Å². The minimum absolute atomic E-state index is 0.0288. The highest BCUT2D eigenvalue weighted by Crippen LogP contribution is 2.33. The van der Waals surface area contributed by atoms with Gasteiger partial charge in [-0.1, -0.05) is 30.3 Å². The van der Waals surface area contributed by atoms with Gasteiger partial charge >= 0.3 is 0 Å². The number of benzene rings is 2. The first-order valence-corrected chi connectivity index (χ1v) is 11.8. The van der Waals surface area contributed by atoms with Gasteiger partial charge in [0.15, 0.2) is 5.78 Å². The largest absolute Gasteiger partial charge is 0.507 e. The van der Waals surface area contributed by atoms with E-state index in [2.05, 4.69) is 4.98 Å². The zero-order chi connectivity index (χ0) is 24.5. The minimum atomic E-state index is -0.384. The molecule has 0 spiro atoms. The van der Waals surface area contributed by atoms with Crippen LogP contribution in [0.2, 0.25) is 0 Å². The van der Waals surface area contributed by atoms with Gasteiger partial charge in [-0.3, -0.25) is 14.0 Å². The Morgan fingerprint density at radius 3 is 2.49 bits per heavy atom. The Kier molecular flexibility index (Phi) is 5.99. The summed E-state index contributed by atoms with van der Waals surface area (Å²) in [6.07, 6.45) is 6.30. The first kappa shape index (κ1) is 22.7. The molecule has 0 unspecified atom stereocenters. The lowest BCUT2D eigenvalue weighted by atomic mass is 10.0. The molecule has 0 radical (unpaired) electrons. The maximum absolute atomic E-state index is 13.6. The number of rotatable bonds is 5. The van der Waals surface area contributed by atoms with Gasteiger partial charge in [-0.05, 0) is 55.5 Å². The molecule has 2 aromatic carbocycles. The van der Waals surface area contributed by atoms with Crippen molar-refractivity contribution in [2.24, 2.45) is 0 Å². The van der Waals surface area contributed by atoms with Crippen molar-refractivity contribution in [3.63, 3.8) is 0 Å². The summed E-state index contributed by atoms with van der Waals surface area (Å²) in [4.78, 5) is 33.5. The molecule has 0 bridgehead atoms. The van der Waals surface area contributed by atoms with E-state index in [-0.39, 0.29) is 23.0 Å². The summed E-state index contributed by atoms with van der Waals surface area (Å²) < 4.78 is 7.05. The predicted octanol–water partition coefficient (Wildman–Crippen LogP) is 4.88. The Bertz CT molecular complexity index is 1420. The van der Waals surface area contributed by atoms with Crippen LogP contribution in [0.4, 0.5) is 0 Å². The number of aromatic hydroxyl groups is 1. The number of likely N-dealkylation sites (tertiary alicyclic amines) is 1. The van der Waals surface area contributed by atoms with Crippen LogP contribution in [0.1, 0.15) is 51.1 Å². The third-order valence-electron chi connectivity index (χ3n) is 6.63. The number of phenols is 1. The van der Waals surface area contributed by atoms with E-state index in [0.29, 0.717) is 22.5 Å². The van der Waals surface area contributed by atoms with Crippen molar-refractivity contribution in [2.45, 2.75) is 26.2 Å². The van der Waals surface area contributed by atoms with Crippen molar-refractivity contribution in [2.75, 3.05) is 20.2 Å². The number of piperidine rings is 1. The average molecular weight is 470 g/mol. The number of fused-ring (bicyclic) bond motifs is 1. The van der Waals surface area contributed by atoms with Gasteiger partial charge in [-0.2, -0.15) is 0 Å². The fraction of sp³-hybridized carbons (Fsp3) is 0.250. The van der Waals surface area contributed by atoms with Crippen LogP contribution in [0, 0.1) is 6.92 Å². The fourth-order valence-corrected chi connectivity index (χ4v) is 4.81. The Morgan fingerprint density at radius 1 is 1.03 bits per heavy atom. The van der Waals surface area contributed by atoms with E-state index in [1.54, 1.807) is 12.3 Å². The van der Waals surface area contributed by atoms with Gasteiger partial charge in [0, 0.05) is 25.5 Å². The first-order chi connectivity index (χ1) is 17.0. The molecule has 1 N–H and O–H groups in total. The molecule has 1 aliphatic rings. The first-order valence-electron chi connectivity index (χ1n) is 11.8. The van der Waals surface area contributed by atoms with Crippen molar-refractivity contribution in [3.8, 4) is 22.8 Å². The van der Waals surface area contributed by atoms with Crippen LogP contribution < -0.4 is 4.74 Å². The number of carbonyl (C=O) groups is 2. The predicted molar refractivity (Wildman–Crippen MR) is 133 cm³/mol. The number of nitrogens with zero attached hydrogens (tertiary/aromatic N) is 3. The molecule has 7 heteroatoms. The number of phenolic OH excluding ortho intramolecular Hbond substituents is 1. The summed E-state index contributed by atoms with van der Waals surface area (Å²) in [5.41, 5.74) is 4.07. The van der Waals surface area contributed by atoms with Crippen LogP contribution in [-0.2, 0) is 0 Å². The van der Waals surface area contributed by atoms with E-state index in [9.17, 15) is 14.7 Å². The maximum Gasteiger partial charge on any atom is 0.257 e. The van der Waals surface area contributed by atoms with Gasteiger partial charge in [0.2, 0.25) is 0 Å². The van der Waals surface area contributed by atoms with E-state index in [1.807, 2.05) is 46.6 Å². The molecule has 1 aliphatic heterocycles. The Labute approximate surface area is 203 Å². The summed E-state index contributed by atoms with van der Waals surface area (Å²) in [6.45, 7) is 3.41. The molecule has 5 rings (SSSR count). The lowest BCUT2D eigenvalue weighted by molar-refractivity contribution is 0.0725. The third kappa shape index (κ3) is 4.03. The normalized spacial score (nSPS) is 13.7. The van der Waals surface area contributed by atoms with Gasteiger partial charge in [-0.25, -0.2) is 4.98 Å². The highest BCUT2D eigenvalue weighted by atomic mass is 16.5. The Balaban J connectivity index is 1.68. The van der Waals surface area contributed by atoms with E-state index in [1.165, 1.54) is 25.4 Å². The minimum Gasteiger partial charge on any atom is -0.507 e. The zero-order valence-electron chi connectivity index (χ0n) is 19.8. The lowest BCUT2D eigenvalue weighted by Gasteiger charge is -2.26. The van der Waals surface area contributed by atoms with E-state index in [4.69, 9.17) is 4.74 Å². The van der Waals surface area contributed by atoms with Gasteiger partial charge in [-0.15, -0.1) is 0 Å². The van der Waals surface area contributed by atoms with Crippen molar-refractivity contribution >= 4 is 17.3 Å². The summed E-state index contributed by atoms with van der Waals surface area (Å²) in [5, 5.41) is 10.3. The summed E-state index contributed by atoms with van der Waals surface area (Å²) in [7, 11) is 1.50. The molecule has 1 fully saturated rings. The molecule has 178 valence electrons. The highest BCUT2D eigenvalue weighted by molar-refractivity contribution is 6.11. The second kappa shape index (κ2) is 9.25. The molecular formula is C28H27N3O4. The van der Waals surface area contributed by atoms with Gasteiger partial charge in [0.1, 0.15) is 17.1 Å². The summed E-state index contributed by atoms with van der Waals surface area (Å²) in [6, 6.07) is 14.3. The molecule has 4 aromatic rings. The van der Waals surface area contributed by atoms with E-state index >= 15 is 0 Å². The lowest BCUT2D eigenvalue weighted by Crippen LogP contribution is -2.35. The molecule has 0 atom stereocenters. The molecule has 0 saturated carbocycles. The Hall–Kier alpha value is -4.13. The zero-order valence-corrected chi connectivity index (χ0v) is 19.8. The topological polar surface area (TPSA) is 84.1 Å². The average Bonchev–Trinajstić information content (AvgIpc) is 3.20. The van der Waals surface area contributed by atoms with Crippen molar-refractivity contribution in [1.82, 2.24) is 14.3 Å². The molecule has 2 aromatic heterocycles. The number of amides is 1. The van der Waals surface area contributed by atoms with Crippen LogP contribution in [-0.4, -0.2) is 51.3 Å². The standard InChI is InChI=1S/C28H27N3O4/c1-18-24(28(34)30-13-7-4-8-14-30)27-29-16-20(17-31(27)25(18)19-9-5-3-6-10-19)26(33)22-15-21(35-2)11-12-23(22)32/h3,5-6,9-12,15-17,32H,4,7-8,13-14H2,1-2H3. The monoisotopic (exact) mass is 469 g/mol. The van der Waals surface area contributed by atoms with Crippen LogP contribution in [0.5, 0.6) is 11.5 Å². The third-order valence-corrected chi connectivity index (χ3v) is 6.63. The Morgan fingerprint density at radius 2 is 1.77 bits per heavy atom. The number of hydrogen-bond donors (Lipinski definition) is 1. The number of ether oxygens (including phenoxy) is 1. The van der Waals surface area contributed by atoms with Gasteiger partial charge < -0.3 is 14.7 Å². The molecule has 3 heterocycles. The fourth-order valence-electron chi connectivity index (χ4n) is 4.81. The maximum atomic E-state index is 13.6. The molecule has 1 amide bonds. The second-order valence-electron chi connectivity index (χ2n) is 8.82. The smallest absolute Gasteiger partial charge is 0.257 e. The number of aromatic nitrogens is 2. The van der Waals surface area contributed by atoms with Crippen molar-refractivity contribution in [1.29, 1.82) is 0 Å². The number of methoxy groups -OCH3 is 1. The summed E-state index contributed by atoms with van der Waals surface area (Å²) >= 11 is 0. The van der Waals surface area contributed by atoms with Crippen LogP contribution >= 0.6 is 0 Å². The second-order valence-corrected chi connectivity index (χ2v) is 8.82. The van der Waals surface area contributed by atoms with E-state index < -0.39 is 0 Å². The number of hydrogen-bond acceptors (Lipinski definition) is 5. The van der Waals surface area contributed by atoms with Gasteiger partial charge in [0.05, 0.1) is 29.5 Å². The van der Waals surface area contributed by atoms with Crippen LogP contribution in [0.3, 0.4) is 0 Å². The molecule has 0 aliphatic carbocycles. The molecular weight excluding hydrogens is 442 g/mol. The molecule has 7 nitrogen and oxygen atoms in total. The number of carbonyl (C=O) groups excluding carboxylic acids is 2. The van der Waals surface area contributed by atoms with E-state index in [0.717, 1.165) is 49.2 Å². The quantitative estimate of drug-likeness (QED) is 0.421. The molecule has 1 saturated heterocycles. The van der Waals surface area contributed by atoms with Crippen LogP contribution in [0.25, 0.3) is 16.9 Å². The summed E-state index contributed by atoms with van der Waals surface area (Å²) in [5.74, 6) is -0.0795.